The van der Waals surface area contributed by atoms with Crippen LogP contribution in [0.3, 0.4) is 0 Å². The van der Waals surface area contributed by atoms with Crippen LogP contribution < -0.4 is 5.73 Å². The van der Waals surface area contributed by atoms with Crippen molar-refractivity contribution in [2.75, 3.05) is 0 Å². The summed E-state index contributed by atoms with van der Waals surface area (Å²) in [4.78, 5) is 15.7. The Kier molecular flexibility index (Phi) is 5.21. The lowest BCUT2D eigenvalue weighted by atomic mass is 9.91. The quantitative estimate of drug-likeness (QED) is 0.265. The van der Waals surface area contributed by atoms with Crippen molar-refractivity contribution in [3.63, 3.8) is 0 Å². The Balaban J connectivity index is 1.57. The molecule has 1 aliphatic heterocycles. The molecule has 4 aromatic carbocycles. The van der Waals surface area contributed by atoms with Crippen molar-refractivity contribution in [2.45, 2.75) is 33.0 Å². The minimum Gasteiger partial charge on any atom is -0.488 e. The number of primary amides is 1. The second kappa shape index (κ2) is 8.36. The third-order valence-corrected chi connectivity index (χ3v) is 7.34. The van der Waals surface area contributed by atoms with Gasteiger partial charge < -0.3 is 20.6 Å². The van der Waals surface area contributed by atoms with Gasteiger partial charge in [-0.15, -0.1) is 0 Å². The van der Waals surface area contributed by atoms with Crippen LogP contribution in [0.4, 0.5) is 0 Å². The van der Waals surface area contributed by atoms with Crippen LogP contribution in [0.1, 0.15) is 52.0 Å². The largest absolute Gasteiger partial charge is 0.488 e. The molecule has 1 aliphatic rings. The van der Waals surface area contributed by atoms with E-state index in [9.17, 15) is 9.90 Å². The van der Waals surface area contributed by atoms with Gasteiger partial charge in [0.2, 0.25) is 0 Å². The van der Waals surface area contributed by atoms with Gasteiger partial charge in [-0.2, -0.15) is 0 Å². The summed E-state index contributed by atoms with van der Waals surface area (Å²) in [6.45, 7) is 6.20. The molecule has 0 fully saturated rings. The SMILES string of the molecule is Cc1c(C=C2OCc3ccccc32)cccc1-c1ccc(C(N)=O)c2[nH]c3cc(C(C)(C)O)ccc3c12. The number of H-pyrrole nitrogens is 1. The average Bonchev–Trinajstić information content (AvgIpc) is 3.45. The smallest absolute Gasteiger partial charge is 0.250 e. The molecule has 1 amide bonds. The van der Waals surface area contributed by atoms with E-state index in [4.69, 9.17) is 10.5 Å². The number of aromatic nitrogens is 1. The van der Waals surface area contributed by atoms with Crippen molar-refractivity contribution in [2.24, 2.45) is 5.73 Å². The number of hydrogen-bond donors (Lipinski definition) is 3. The minimum absolute atomic E-state index is 0.437. The first-order valence-electron chi connectivity index (χ1n) is 12.4. The first-order valence-corrected chi connectivity index (χ1v) is 12.4. The fourth-order valence-corrected chi connectivity index (χ4v) is 5.31. The van der Waals surface area contributed by atoms with Crippen molar-refractivity contribution in [1.29, 1.82) is 0 Å². The van der Waals surface area contributed by atoms with Crippen LogP contribution in [0.5, 0.6) is 0 Å². The summed E-state index contributed by atoms with van der Waals surface area (Å²) in [6, 6.07) is 24.1. The standard InChI is InChI=1S/C32H28N2O3/c1-18-19(15-28-23-9-5-4-7-20(23)17-37-28)8-6-10-22(18)24-13-14-26(31(33)35)30-29(24)25-12-11-21(32(2,3)36)16-27(25)34-30/h4-16,34,36H,17H2,1-3H3,(H2,33,35). The summed E-state index contributed by atoms with van der Waals surface area (Å²) < 4.78 is 6.01. The molecule has 0 unspecified atom stereocenters. The molecule has 0 bridgehead atoms. The monoisotopic (exact) mass is 488 g/mol. The summed E-state index contributed by atoms with van der Waals surface area (Å²) >= 11 is 0. The Morgan fingerprint density at radius 3 is 2.57 bits per heavy atom. The van der Waals surface area contributed by atoms with Crippen molar-refractivity contribution >= 4 is 39.5 Å². The van der Waals surface area contributed by atoms with Gasteiger partial charge in [-0.3, -0.25) is 4.79 Å². The third kappa shape index (κ3) is 3.79. The molecule has 37 heavy (non-hydrogen) atoms. The highest BCUT2D eigenvalue weighted by Crippen LogP contribution is 2.40. The summed E-state index contributed by atoms with van der Waals surface area (Å²) in [5, 5.41) is 12.4. The normalized spacial score (nSPS) is 14.3. The number of nitrogens with two attached hydrogens (primary N) is 1. The van der Waals surface area contributed by atoms with Gasteiger partial charge >= 0.3 is 0 Å². The Bertz CT molecular complexity index is 1750. The number of aromatic amines is 1. The van der Waals surface area contributed by atoms with Gasteiger partial charge in [0.1, 0.15) is 12.4 Å². The second-order valence-electron chi connectivity index (χ2n) is 10.2. The Morgan fingerprint density at radius 1 is 1.00 bits per heavy atom. The molecule has 5 aromatic rings. The van der Waals surface area contributed by atoms with Gasteiger partial charge in [-0.1, -0.05) is 60.7 Å². The molecule has 4 N–H and O–H groups in total. The van der Waals surface area contributed by atoms with E-state index in [-0.39, 0.29) is 0 Å². The lowest BCUT2D eigenvalue weighted by Gasteiger charge is -2.17. The van der Waals surface area contributed by atoms with Gasteiger partial charge in [0, 0.05) is 27.4 Å². The van der Waals surface area contributed by atoms with Crippen LogP contribution in [0.15, 0.2) is 72.8 Å². The van der Waals surface area contributed by atoms with Crippen LogP contribution in [0, 0.1) is 6.92 Å². The number of amides is 1. The van der Waals surface area contributed by atoms with Gasteiger partial charge in [-0.05, 0) is 66.8 Å². The fourth-order valence-electron chi connectivity index (χ4n) is 5.31. The molecule has 5 nitrogen and oxygen atoms in total. The number of ether oxygens (including phenoxy) is 1. The highest BCUT2D eigenvalue weighted by atomic mass is 16.5. The minimum atomic E-state index is -0.986. The molecule has 0 saturated carbocycles. The van der Waals surface area contributed by atoms with Gasteiger partial charge in [0.25, 0.3) is 5.91 Å². The summed E-state index contributed by atoms with van der Waals surface area (Å²) in [7, 11) is 0. The second-order valence-corrected chi connectivity index (χ2v) is 10.2. The van der Waals surface area contributed by atoms with E-state index in [1.807, 2.05) is 42.5 Å². The Morgan fingerprint density at radius 2 is 1.78 bits per heavy atom. The zero-order valence-electron chi connectivity index (χ0n) is 21.1. The van der Waals surface area contributed by atoms with Gasteiger partial charge in [-0.25, -0.2) is 0 Å². The first-order chi connectivity index (χ1) is 17.7. The third-order valence-electron chi connectivity index (χ3n) is 7.34. The topological polar surface area (TPSA) is 88.3 Å². The van der Waals surface area contributed by atoms with Crippen LogP contribution in [-0.4, -0.2) is 16.0 Å². The van der Waals surface area contributed by atoms with Crippen molar-refractivity contribution in [3.8, 4) is 11.1 Å². The number of nitrogens with one attached hydrogen (secondary N) is 1. The molecule has 0 saturated heterocycles. The highest BCUT2D eigenvalue weighted by molar-refractivity contribution is 6.20. The fraction of sp³-hybridized carbons (Fsp3) is 0.156. The van der Waals surface area contributed by atoms with Crippen LogP contribution in [-0.2, 0) is 16.9 Å². The molecular formula is C32H28N2O3. The molecule has 1 aromatic heterocycles. The van der Waals surface area contributed by atoms with Crippen molar-refractivity contribution in [3.05, 3.63) is 106 Å². The van der Waals surface area contributed by atoms with E-state index in [2.05, 4.69) is 42.2 Å². The maximum atomic E-state index is 12.3. The maximum absolute atomic E-state index is 12.3. The molecule has 6 rings (SSSR count). The average molecular weight is 489 g/mol. The maximum Gasteiger partial charge on any atom is 0.250 e. The number of aliphatic hydroxyl groups is 1. The molecule has 0 spiro atoms. The van der Waals surface area contributed by atoms with Crippen molar-refractivity contribution in [1.82, 2.24) is 4.98 Å². The molecule has 5 heteroatoms. The molecule has 2 heterocycles. The number of carbonyl (C=O) groups excluding carboxylic acids is 1. The zero-order valence-corrected chi connectivity index (χ0v) is 21.1. The molecule has 184 valence electrons. The lowest BCUT2D eigenvalue weighted by Crippen LogP contribution is -2.14. The molecule has 0 aliphatic carbocycles. The molecule has 0 atom stereocenters. The predicted octanol–water partition coefficient (Wildman–Crippen LogP) is 6.65. The van der Waals surface area contributed by atoms with Crippen molar-refractivity contribution < 1.29 is 14.6 Å². The van der Waals surface area contributed by atoms with E-state index < -0.39 is 11.5 Å². The first kappa shape index (κ1) is 23.1. The summed E-state index contributed by atoms with van der Waals surface area (Å²) in [5.41, 5.74) is 14.1. The van der Waals surface area contributed by atoms with E-state index >= 15 is 0 Å². The number of hydrogen-bond acceptors (Lipinski definition) is 3. The van der Waals surface area contributed by atoms with Crippen LogP contribution in [0.2, 0.25) is 0 Å². The van der Waals surface area contributed by atoms with Gasteiger partial charge in [0.15, 0.2) is 0 Å². The number of carbonyl (C=O) groups is 1. The van der Waals surface area contributed by atoms with E-state index in [1.165, 1.54) is 5.56 Å². The lowest BCUT2D eigenvalue weighted by molar-refractivity contribution is 0.0787. The molecule has 0 radical (unpaired) electrons. The predicted molar refractivity (Wildman–Crippen MR) is 149 cm³/mol. The molecular weight excluding hydrogens is 460 g/mol. The van der Waals surface area contributed by atoms with E-state index in [0.29, 0.717) is 17.7 Å². The Hall–Kier alpha value is -4.35. The summed E-state index contributed by atoms with van der Waals surface area (Å²) in [6.07, 6.45) is 2.10. The Labute approximate surface area is 215 Å². The number of rotatable bonds is 4. The van der Waals surface area contributed by atoms with Crippen LogP contribution in [0.25, 0.3) is 44.8 Å². The highest BCUT2D eigenvalue weighted by Gasteiger charge is 2.22. The van der Waals surface area contributed by atoms with E-state index in [1.54, 1.807) is 19.9 Å². The van der Waals surface area contributed by atoms with Gasteiger partial charge in [0.05, 0.1) is 16.7 Å². The zero-order chi connectivity index (χ0) is 25.9. The summed E-state index contributed by atoms with van der Waals surface area (Å²) in [5.74, 6) is 0.384. The number of fused-ring (bicyclic) bond motifs is 4. The van der Waals surface area contributed by atoms with E-state index in [0.717, 1.165) is 55.4 Å². The van der Waals surface area contributed by atoms with Crippen LogP contribution >= 0.6 is 0 Å². The number of benzene rings is 4.